The SMILES string of the molecule is CC(C)c1ncc(Cl)c(C(=O)N2CCOC[C@H]2c2cccn2C)n1. The van der Waals surface area contributed by atoms with Crippen molar-refractivity contribution >= 4 is 17.5 Å². The van der Waals surface area contributed by atoms with Crippen LogP contribution in [0.4, 0.5) is 0 Å². The summed E-state index contributed by atoms with van der Waals surface area (Å²) in [6, 6.07) is 3.81. The Morgan fingerprint density at radius 1 is 1.46 bits per heavy atom. The van der Waals surface area contributed by atoms with E-state index in [2.05, 4.69) is 9.97 Å². The van der Waals surface area contributed by atoms with E-state index in [1.807, 2.05) is 43.8 Å². The number of aromatic nitrogens is 3. The van der Waals surface area contributed by atoms with Gasteiger partial charge in [0.2, 0.25) is 0 Å². The van der Waals surface area contributed by atoms with E-state index in [-0.39, 0.29) is 28.6 Å². The van der Waals surface area contributed by atoms with Crippen LogP contribution in [0.5, 0.6) is 0 Å². The van der Waals surface area contributed by atoms with Gasteiger partial charge >= 0.3 is 0 Å². The minimum absolute atomic E-state index is 0.127. The molecule has 3 heterocycles. The lowest BCUT2D eigenvalue weighted by molar-refractivity contribution is -0.00495. The third-order valence-electron chi connectivity index (χ3n) is 4.20. The van der Waals surface area contributed by atoms with Crippen molar-refractivity contribution in [2.45, 2.75) is 25.8 Å². The molecule has 1 amide bonds. The van der Waals surface area contributed by atoms with Crippen LogP contribution < -0.4 is 0 Å². The van der Waals surface area contributed by atoms with E-state index < -0.39 is 0 Å². The number of hydrogen-bond donors (Lipinski definition) is 0. The fourth-order valence-corrected chi connectivity index (χ4v) is 3.03. The van der Waals surface area contributed by atoms with Crippen molar-refractivity contribution in [1.29, 1.82) is 0 Å². The highest BCUT2D eigenvalue weighted by molar-refractivity contribution is 6.33. The Balaban J connectivity index is 1.95. The van der Waals surface area contributed by atoms with Gasteiger partial charge in [-0.3, -0.25) is 4.79 Å². The topological polar surface area (TPSA) is 60.3 Å². The molecule has 6 nitrogen and oxygen atoms in total. The molecule has 1 aliphatic rings. The molecule has 0 radical (unpaired) electrons. The number of carbonyl (C=O) groups is 1. The summed E-state index contributed by atoms with van der Waals surface area (Å²) in [7, 11) is 1.96. The maximum absolute atomic E-state index is 13.1. The Kier molecular flexibility index (Phi) is 4.87. The minimum Gasteiger partial charge on any atom is -0.377 e. The quantitative estimate of drug-likeness (QED) is 0.855. The van der Waals surface area contributed by atoms with Crippen LogP contribution >= 0.6 is 11.6 Å². The molecule has 2 aromatic heterocycles. The minimum atomic E-state index is -0.182. The van der Waals surface area contributed by atoms with Crippen molar-refractivity contribution in [3.63, 3.8) is 0 Å². The fraction of sp³-hybridized carbons (Fsp3) is 0.471. The number of morpholine rings is 1. The summed E-state index contributed by atoms with van der Waals surface area (Å²) in [5.41, 5.74) is 1.29. The molecule has 0 saturated carbocycles. The Morgan fingerprint density at radius 3 is 2.92 bits per heavy atom. The van der Waals surface area contributed by atoms with Gasteiger partial charge in [-0.15, -0.1) is 0 Å². The van der Waals surface area contributed by atoms with E-state index >= 15 is 0 Å². The Bertz CT molecular complexity index is 744. The van der Waals surface area contributed by atoms with Crippen LogP contribution in [-0.4, -0.2) is 45.1 Å². The Morgan fingerprint density at radius 2 is 2.25 bits per heavy atom. The summed E-state index contributed by atoms with van der Waals surface area (Å²) < 4.78 is 7.60. The van der Waals surface area contributed by atoms with Crippen LogP contribution in [0.1, 0.15) is 47.8 Å². The second-order valence-corrected chi connectivity index (χ2v) is 6.62. The summed E-state index contributed by atoms with van der Waals surface area (Å²) in [4.78, 5) is 23.5. The van der Waals surface area contributed by atoms with Crippen LogP contribution in [0.2, 0.25) is 5.02 Å². The van der Waals surface area contributed by atoms with E-state index in [1.54, 1.807) is 4.90 Å². The van der Waals surface area contributed by atoms with Crippen molar-refractivity contribution in [2.24, 2.45) is 7.05 Å². The Labute approximate surface area is 146 Å². The zero-order valence-corrected chi connectivity index (χ0v) is 14.8. The largest absolute Gasteiger partial charge is 0.377 e. The van der Waals surface area contributed by atoms with E-state index in [1.165, 1.54) is 6.20 Å². The highest BCUT2D eigenvalue weighted by atomic mass is 35.5. The number of ether oxygens (including phenoxy) is 1. The van der Waals surface area contributed by atoms with Crippen LogP contribution in [-0.2, 0) is 11.8 Å². The monoisotopic (exact) mass is 348 g/mol. The van der Waals surface area contributed by atoms with Gasteiger partial charge in [0.1, 0.15) is 5.82 Å². The van der Waals surface area contributed by atoms with Gasteiger partial charge in [0, 0.05) is 31.4 Å². The summed E-state index contributed by atoms with van der Waals surface area (Å²) in [5.74, 6) is 0.562. The van der Waals surface area contributed by atoms with E-state index in [9.17, 15) is 4.79 Å². The van der Waals surface area contributed by atoms with Gasteiger partial charge in [-0.2, -0.15) is 0 Å². The number of halogens is 1. The van der Waals surface area contributed by atoms with Gasteiger partial charge in [0.05, 0.1) is 30.5 Å². The number of amides is 1. The molecule has 1 aliphatic heterocycles. The van der Waals surface area contributed by atoms with Gasteiger partial charge in [-0.05, 0) is 12.1 Å². The first-order valence-electron chi connectivity index (χ1n) is 8.01. The lowest BCUT2D eigenvalue weighted by Gasteiger charge is -2.35. The predicted octanol–water partition coefficient (Wildman–Crippen LogP) is 2.81. The van der Waals surface area contributed by atoms with Crippen molar-refractivity contribution in [2.75, 3.05) is 19.8 Å². The van der Waals surface area contributed by atoms with E-state index in [4.69, 9.17) is 16.3 Å². The number of carbonyl (C=O) groups excluding carboxylic acids is 1. The van der Waals surface area contributed by atoms with Crippen molar-refractivity contribution in [1.82, 2.24) is 19.4 Å². The molecule has 0 spiro atoms. The third-order valence-corrected chi connectivity index (χ3v) is 4.47. The van der Waals surface area contributed by atoms with Crippen LogP contribution in [0.25, 0.3) is 0 Å². The zero-order chi connectivity index (χ0) is 17.3. The molecule has 3 rings (SSSR count). The molecule has 0 aliphatic carbocycles. The lowest BCUT2D eigenvalue weighted by atomic mass is 10.1. The first-order chi connectivity index (χ1) is 11.5. The molecule has 7 heteroatoms. The van der Waals surface area contributed by atoms with Crippen LogP contribution in [0, 0.1) is 0 Å². The number of hydrogen-bond acceptors (Lipinski definition) is 4. The first kappa shape index (κ1) is 16.9. The second-order valence-electron chi connectivity index (χ2n) is 6.21. The normalized spacial score (nSPS) is 18.2. The molecule has 0 aromatic carbocycles. The molecule has 0 unspecified atom stereocenters. The fourth-order valence-electron chi connectivity index (χ4n) is 2.86. The highest BCUT2D eigenvalue weighted by Gasteiger charge is 2.32. The summed E-state index contributed by atoms with van der Waals surface area (Å²) in [6.07, 6.45) is 3.47. The molecular weight excluding hydrogens is 328 g/mol. The first-order valence-corrected chi connectivity index (χ1v) is 8.39. The van der Waals surface area contributed by atoms with Crippen molar-refractivity contribution < 1.29 is 9.53 Å². The van der Waals surface area contributed by atoms with Gasteiger partial charge in [-0.25, -0.2) is 9.97 Å². The van der Waals surface area contributed by atoms with Gasteiger partial charge in [-0.1, -0.05) is 25.4 Å². The molecule has 128 valence electrons. The molecule has 0 N–H and O–H groups in total. The molecule has 24 heavy (non-hydrogen) atoms. The Hall–Kier alpha value is -1.92. The van der Waals surface area contributed by atoms with Gasteiger partial charge in [0.15, 0.2) is 5.69 Å². The number of rotatable bonds is 3. The highest BCUT2D eigenvalue weighted by Crippen LogP contribution is 2.27. The lowest BCUT2D eigenvalue weighted by Crippen LogP contribution is -2.44. The molecule has 1 fully saturated rings. The second kappa shape index (κ2) is 6.91. The average Bonchev–Trinajstić information content (AvgIpc) is 3.00. The maximum Gasteiger partial charge on any atom is 0.274 e. The molecule has 0 bridgehead atoms. The number of aryl methyl sites for hydroxylation is 1. The maximum atomic E-state index is 13.1. The third kappa shape index (κ3) is 3.16. The van der Waals surface area contributed by atoms with Crippen LogP contribution in [0.3, 0.4) is 0 Å². The molecular formula is C17H21ClN4O2. The standard InChI is InChI=1S/C17H21ClN4O2/c1-11(2)16-19-9-12(18)15(20-16)17(23)22-7-8-24-10-14(22)13-5-4-6-21(13)3/h4-6,9,11,14H,7-8,10H2,1-3H3/t14-/m0/s1. The van der Waals surface area contributed by atoms with Gasteiger partial charge in [0.25, 0.3) is 5.91 Å². The molecule has 2 aromatic rings. The summed E-state index contributed by atoms with van der Waals surface area (Å²) in [6.45, 7) is 5.44. The summed E-state index contributed by atoms with van der Waals surface area (Å²) in [5, 5.41) is 0.279. The summed E-state index contributed by atoms with van der Waals surface area (Å²) >= 11 is 6.21. The zero-order valence-electron chi connectivity index (χ0n) is 14.1. The van der Waals surface area contributed by atoms with Gasteiger partial charge < -0.3 is 14.2 Å². The van der Waals surface area contributed by atoms with Crippen molar-refractivity contribution in [3.05, 3.63) is 46.8 Å². The smallest absolute Gasteiger partial charge is 0.274 e. The van der Waals surface area contributed by atoms with E-state index in [0.717, 1.165) is 5.69 Å². The average molecular weight is 349 g/mol. The molecule has 1 saturated heterocycles. The van der Waals surface area contributed by atoms with Crippen molar-refractivity contribution in [3.8, 4) is 0 Å². The van der Waals surface area contributed by atoms with E-state index in [0.29, 0.717) is 25.6 Å². The van der Waals surface area contributed by atoms with Crippen LogP contribution in [0.15, 0.2) is 24.5 Å². The number of nitrogens with zero attached hydrogens (tertiary/aromatic N) is 4. The predicted molar refractivity (Wildman–Crippen MR) is 91.1 cm³/mol. The molecule has 1 atom stereocenters.